The van der Waals surface area contributed by atoms with E-state index in [1.54, 1.807) is 0 Å². The van der Waals surface area contributed by atoms with Crippen molar-refractivity contribution in [2.24, 2.45) is 0 Å². The number of hydrogen-bond acceptors (Lipinski definition) is 5. The molecule has 0 aliphatic heterocycles. The van der Waals surface area contributed by atoms with Crippen LogP contribution in [-0.2, 0) is 9.53 Å². The molecule has 1 aromatic rings. The van der Waals surface area contributed by atoms with E-state index in [0.717, 1.165) is 0 Å². The number of carbonyl (C=O) groups is 2. The van der Waals surface area contributed by atoms with Crippen molar-refractivity contribution >= 4 is 29.2 Å². The molecule has 0 heterocycles. The Morgan fingerprint density at radius 2 is 2.21 bits per heavy atom. The lowest BCUT2D eigenvalue weighted by Gasteiger charge is -2.07. The molecular weight excluding hydrogens is 270 g/mol. The number of nitriles is 1. The Morgan fingerprint density at radius 1 is 1.47 bits per heavy atom. The van der Waals surface area contributed by atoms with Crippen LogP contribution in [0.15, 0.2) is 18.2 Å². The Morgan fingerprint density at radius 3 is 2.84 bits per heavy atom. The van der Waals surface area contributed by atoms with Gasteiger partial charge in [-0.15, -0.1) is 0 Å². The number of anilines is 1. The van der Waals surface area contributed by atoms with Gasteiger partial charge in [0.1, 0.15) is 0 Å². The number of nitrogen functional groups attached to an aromatic ring is 1. The highest BCUT2D eigenvalue weighted by atomic mass is 35.5. The second kappa shape index (κ2) is 7.24. The minimum Gasteiger partial charge on any atom is -0.452 e. The molecule has 0 aliphatic rings. The molecule has 6 nitrogen and oxygen atoms in total. The van der Waals surface area contributed by atoms with Crippen LogP contribution in [0.3, 0.4) is 0 Å². The number of rotatable bonds is 5. The van der Waals surface area contributed by atoms with Crippen molar-refractivity contribution in [1.82, 2.24) is 5.32 Å². The lowest BCUT2D eigenvalue weighted by atomic mass is 10.2. The van der Waals surface area contributed by atoms with Gasteiger partial charge in [-0.3, -0.25) is 4.79 Å². The van der Waals surface area contributed by atoms with Crippen LogP contribution in [-0.4, -0.2) is 25.0 Å². The minimum atomic E-state index is -0.704. The lowest BCUT2D eigenvalue weighted by Crippen LogP contribution is -2.29. The Bertz CT molecular complexity index is 525. The van der Waals surface area contributed by atoms with Crippen LogP contribution < -0.4 is 11.1 Å². The van der Waals surface area contributed by atoms with Gasteiger partial charge in [0.2, 0.25) is 0 Å². The zero-order valence-corrected chi connectivity index (χ0v) is 10.7. The van der Waals surface area contributed by atoms with Gasteiger partial charge in [-0.1, -0.05) is 11.6 Å². The Kier molecular flexibility index (Phi) is 5.64. The number of benzene rings is 1. The van der Waals surface area contributed by atoms with Crippen LogP contribution in [0.1, 0.15) is 16.8 Å². The van der Waals surface area contributed by atoms with Crippen molar-refractivity contribution in [3.8, 4) is 6.07 Å². The number of nitrogens with one attached hydrogen (secondary N) is 1. The topological polar surface area (TPSA) is 105 Å². The molecule has 0 radical (unpaired) electrons. The first kappa shape index (κ1) is 14.8. The quantitative estimate of drug-likeness (QED) is 0.478. The van der Waals surface area contributed by atoms with Crippen molar-refractivity contribution < 1.29 is 14.3 Å². The van der Waals surface area contributed by atoms with E-state index in [1.807, 2.05) is 6.07 Å². The number of hydrogen-bond donors (Lipinski definition) is 2. The van der Waals surface area contributed by atoms with E-state index in [4.69, 9.17) is 27.3 Å². The average molecular weight is 282 g/mol. The van der Waals surface area contributed by atoms with Gasteiger partial charge in [0.25, 0.3) is 5.91 Å². The molecule has 0 unspecified atom stereocenters. The van der Waals surface area contributed by atoms with Gasteiger partial charge in [0.05, 0.1) is 18.1 Å². The maximum absolute atomic E-state index is 11.6. The maximum atomic E-state index is 11.6. The number of halogens is 1. The molecule has 100 valence electrons. The van der Waals surface area contributed by atoms with Gasteiger partial charge in [-0.25, -0.2) is 4.79 Å². The van der Waals surface area contributed by atoms with Gasteiger partial charge in [0.15, 0.2) is 6.61 Å². The molecule has 0 bridgehead atoms. The monoisotopic (exact) mass is 281 g/mol. The highest BCUT2D eigenvalue weighted by Gasteiger charge is 2.13. The summed E-state index contributed by atoms with van der Waals surface area (Å²) in [5.41, 5.74) is 5.94. The summed E-state index contributed by atoms with van der Waals surface area (Å²) in [6, 6.07) is 6.22. The van der Waals surface area contributed by atoms with Gasteiger partial charge in [-0.2, -0.15) is 5.26 Å². The molecule has 3 N–H and O–H groups in total. The summed E-state index contributed by atoms with van der Waals surface area (Å²) in [6.07, 6.45) is 0.198. The average Bonchev–Trinajstić information content (AvgIpc) is 2.36. The van der Waals surface area contributed by atoms with Crippen LogP contribution in [0.25, 0.3) is 0 Å². The van der Waals surface area contributed by atoms with Crippen molar-refractivity contribution in [1.29, 1.82) is 5.26 Å². The molecule has 0 saturated carbocycles. The standard InChI is InChI=1S/C12H12ClN3O3/c13-8-2-3-9(10(15)6-8)12(18)19-7-11(17)16-5-1-4-14/h2-3,6H,1,5,7,15H2,(H,16,17). The number of nitrogens with two attached hydrogens (primary N) is 1. The van der Waals surface area contributed by atoms with Crippen molar-refractivity contribution in [3.63, 3.8) is 0 Å². The summed E-state index contributed by atoms with van der Waals surface area (Å²) >= 11 is 5.70. The molecule has 19 heavy (non-hydrogen) atoms. The zero-order valence-electron chi connectivity index (χ0n) is 9.98. The molecular formula is C12H12ClN3O3. The number of amides is 1. The molecule has 0 fully saturated rings. The number of esters is 1. The fourth-order valence-corrected chi connectivity index (χ4v) is 1.42. The first-order chi connectivity index (χ1) is 9.04. The SMILES string of the molecule is N#CCCNC(=O)COC(=O)c1ccc(Cl)cc1N. The summed E-state index contributed by atoms with van der Waals surface area (Å²) < 4.78 is 4.78. The third-order valence-electron chi connectivity index (χ3n) is 2.13. The van der Waals surface area contributed by atoms with E-state index >= 15 is 0 Å². The third kappa shape index (κ3) is 4.85. The summed E-state index contributed by atoms with van der Waals surface area (Å²) in [5, 5.41) is 11.1. The first-order valence-corrected chi connectivity index (χ1v) is 5.78. The largest absolute Gasteiger partial charge is 0.452 e. The normalized spacial score (nSPS) is 9.47. The van der Waals surface area contributed by atoms with Crippen LogP contribution in [0, 0.1) is 11.3 Å². The summed E-state index contributed by atoms with van der Waals surface area (Å²) in [7, 11) is 0. The second-order valence-corrected chi connectivity index (χ2v) is 4.00. The van der Waals surface area contributed by atoms with E-state index in [1.165, 1.54) is 18.2 Å². The van der Waals surface area contributed by atoms with Crippen LogP contribution >= 0.6 is 11.6 Å². The van der Waals surface area contributed by atoms with Crippen LogP contribution in [0.2, 0.25) is 5.02 Å². The summed E-state index contributed by atoms with van der Waals surface area (Å²) in [5.74, 6) is -1.18. The van der Waals surface area contributed by atoms with E-state index in [-0.39, 0.29) is 24.2 Å². The summed E-state index contributed by atoms with van der Waals surface area (Å²) in [6.45, 7) is -0.206. The highest BCUT2D eigenvalue weighted by Crippen LogP contribution is 2.18. The van der Waals surface area contributed by atoms with Gasteiger partial charge >= 0.3 is 5.97 Å². The van der Waals surface area contributed by atoms with E-state index in [2.05, 4.69) is 5.32 Å². The van der Waals surface area contributed by atoms with E-state index < -0.39 is 18.5 Å². The Labute approximate surface area is 115 Å². The fourth-order valence-electron chi connectivity index (χ4n) is 1.24. The second-order valence-electron chi connectivity index (χ2n) is 3.57. The molecule has 0 atom stereocenters. The smallest absolute Gasteiger partial charge is 0.340 e. The third-order valence-corrected chi connectivity index (χ3v) is 2.36. The van der Waals surface area contributed by atoms with Crippen molar-refractivity contribution in [3.05, 3.63) is 28.8 Å². The van der Waals surface area contributed by atoms with E-state index in [9.17, 15) is 9.59 Å². The molecule has 0 aliphatic carbocycles. The zero-order chi connectivity index (χ0) is 14.3. The molecule has 1 amide bonds. The number of ether oxygens (including phenoxy) is 1. The van der Waals surface area contributed by atoms with Crippen LogP contribution in [0.4, 0.5) is 5.69 Å². The number of carbonyl (C=O) groups excluding carboxylic acids is 2. The van der Waals surface area contributed by atoms with Gasteiger partial charge < -0.3 is 15.8 Å². The summed E-state index contributed by atoms with van der Waals surface area (Å²) in [4.78, 5) is 22.9. The van der Waals surface area contributed by atoms with Gasteiger partial charge in [-0.05, 0) is 18.2 Å². The van der Waals surface area contributed by atoms with Crippen LogP contribution in [0.5, 0.6) is 0 Å². The highest BCUT2D eigenvalue weighted by molar-refractivity contribution is 6.31. The molecule has 0 saturated heterocycles. The minimum absolute atomic E-state index is 0.147. The Balaban J connectivity index is 2.47. The number of nitrogens with zero attached hydrogens (tertiary/aromatic N) is 1. The maximum Gasteiger partial charge on any atom is 0.340 e. The predicted octanol–water partition coefficient (Wildman–Crippen LogP) is 1.11. The molecule has 1 aromatic carbocycles. The fraction of sp³-hybridized carbons (Fsp3) is 0.250. The first-order valence-electron chi connectivity index (χ1n) is 5.40. The van der Waals surface area contributed by atoms with E-state index in [0.29, 0.717) is 5.02 Å². The lowest BCUT2D eigenvalue weighted by molar-refractivity contribution is -0.124. The molecule has 7 heteroatoms. The molecule has 0 spiro atoms. The van der Waals surface area contributed by atoms with Gasteiger partial charge in [0, 0.05) is 17.3 Å². The Hall–Kier alpha value is -2.26. The molecule has 0 aromatic heterocycles. The molecule has 1 rings (SSSR count). The van der Waals surface area contributed by atoms with Crippen molar-refractivity contribution in [2.45, 2.75) is 6.42 Å². The predicted molar refractivity (Wildman–Crippen MR) is 69.4 cm³/mol. The van der Waals surface area contributed by atoms with Crippen molar-refractivity contribution in [2.75, 3.05) is 18.9 Å².